The molecular weight excluding hydrogens is 506 g/mol. The van der Waals surface area contributed by atoms with Crippen molar-refractivity contribution in [2.45, 2.75) is 0 Å². The molecule has 2 rings (SSSR count). The number of anilines is 1. The summed E-state index contributed by atoms with van der Waals surface area (Å²) in [6.45, 7) is 0.118. The zero-order chi connectivity index (χ0) is 17.5. The minimum Gasteiger partial charge on any atom is -0.495 e. The minimum absolute atomic E-state index is 0.118. The van der Waals surface area contributed by atoms with Crippen LogP contribution in [0.15, 0.2) is 54.9 Å². The van der Waals surface area contributed by atoms with Gasteiger partial charge in [-0.05, 0) is 46.3 Å². The Balaban J connectivity index is 1.93. The first-order chi connectivity index (χ1) is 11.5. The van der Waals surface area contributed by atoms with Crippen molar-refractivity contribution in [1.29, 1.82) is 0 Å². The Kier molecular flexibility index (Phi) is 7.26. The van der Waals surface area contributed by atoms with Gasteiger partial charge >= 0.3 is 0 Å². The van der Waals surface area contributed by atoms with Crippen LogP contribution in [0.4, 0.5) is 5.69 Å². The highest BCUT2D eigenvalue weighted by atomic mass is 79.9. The second-order valence-corrected chi connectivity index (χ2v) is 7.35. The van der Waals surface area contributed by atoms with Gasteiger partial charge < -0.3 is 10.1 Å². The maximum absolute atomic E-state index is 11.8. The number of hydrogen-bond acceptors (Lipinski definition) is 4. The molecule has 2 N–H and O–H groups in total. The summed E-state index contributed by atoms with van der Waals surface area (Å²) in [5.41, 5.74) is 4.06. The van der Waals surface area contributed by atoms with Crippen LogP contribution in [-0.4, -0.2) is 25.8 Å². The molecule has 126 valence electrons. The van der Waals surface area contributed by atoms with E-state index in [9.17, 15) is 4.79 Å². The van der Waals surface area contributed by atoms with Crippen molar-refractivity contribution in [3.05, 3.63) is 55.4 Å². The summed E-state index contributed by atoms with van der Waals surface area (Å²) in [5, 5.41) is 6.99. The molecule has 0 heterocycles. The Morgan fingerprint density at radius 3 is 2.71 bits per heavy atom. The van der Waals surface area contributed by atoms with Gasteiger partial charge in [0.25, 0.3) is 5.91 Å². The largest absolute Gasteiger partial charge is 0.495 e. The van der Waals surface area contributed by atoms with Crippen LogP contribution >= 0.6 is 47.8 Å². The van der Waals surface area contributed by atoms with Gasteiger partial charge in [-0.1, -0.05) is 37.9 Å². The van der Waals surface area contributed by atoms with Gasteiger partial charge in [0.2, 0.25) is 0 Å². The smallest absolute Gasteiger partial charge is 0.259 e. The summed E-state index contributed by atoms with van der Waals surface area (Å²) in [7, 11) is 1.58. The number of hydrogen-bond donors (Lipinski definition) is 2. The van der Waals surface area contributed by atoms with Gasteiger partial charge in [-0.25, -0.2) is 5.43 Å². The first kappa shape index (κ1) is 19.0. The van der Waals surface area contributed by atoms with E-state index in [1.54, 1.807) is 7.11 Å². The van der Waals surface area contributed by atoms with Gasteiger partial charge in [0.05, 0.1) is 24.3 Å². The molecule has 0 aliphatic heterocycles. The Bertz CT molecular complexity index is 766. The highest BCUT2D eigenvalue weighted by Gasteiger charge is 2.07. The van der Waals surface area contributed by atoms with Crippen molar-refractivity contribution >= 4 is 65.6 Å². The Morgan fingerprint density at radius 1 is 1.21 bits per heavy atom. The molecule has 2 aromatic rings. The van der Waals surface area contributed by atoms with Crippen molar-refractivity contribution in [2.75, 3.05) is 19.0 Å². The molecule has 1 amide bonds. The molecule has 24 heavy (non-hydrogen) atoms. The predicted molar refractivity (Wildman–Crippen MR) is 107 cm³/mol. The maximum atomic E-state index is 11.8. The standard InChI is InChI=1S/C16H14Br3N3O2/c1-24-16-10(5-12(18)7-14(16)19)8-21-22-15(23)9-20-13-4-2-3-11(17)6-13/h2-8,20H,9H2,1H3,(H,22,23)/b21-8-. The highest BCUT2D eigenvalue weighted by molar-refractivity contribution is 9.11. The lowest BCUT2D eigenvalue weighted by Gasteiger charge is -2.08. The monoisotopic (exact) mass is 517 g/mol. The maximum Gasteiger partial charge on any atom is 0.259 e. The fourth-order valence-electron chi connectivity index (χ4n) is 1.89. The summed E-state index contributed by atoms with van der Waals surface area (Å²) < 4.78 is 7.93. The molecule has 0 fully saturated rings. The normalized spacial score (nSPS) is 10.7. The van der Waals surface area contributed by atoms with E-state index in [-0.39, 0.29) is 12.5 Å². The molecule has 0 spiro atoms. The summed E-state index contributed by atoms with van der Waals surface area (Å²) in [6, 6.07) is 11.3. The third-order valence-electron chi connectivity index (χ3n) is 2.91. The SMILES string of the molecule is COc1c(Br)cc(Br)cc1/C=N\NC(=O)CNc1cccc(Br)c1. The van der Waals surface area contributed by atoms with Crippen molar-refractivity contribution in [2.24, 2.45) is 5.10 Å². The van der Waals surface area contributed by atoms with Crippen LogP contribution in [0.2, 0.25) is 0 Å². The molecule has 0 saturated heterocycles. The van der Waals surface area contributed by atoms with Crippen LogP contribution in [0.25, 0.3) is 0 Å². The van der Waals surface area contributed by atoms with E-state index >= 15 is 0 Å². The van der Waals surface area contributed by atoms with E-state index in [0.717, 1.165) is 24.7 Å². The molecule has 0 aliphatic rings. The summed E-state index contributed by atoms with van der Waals surface area (Å²) >= 11 is 10.2. The minimum atomic E-state index is -0.251. The third kappa shape index (κ3) is 5.61. The molecule has 0 radical (unpaired) electrons. The average molecular weight is 520 g/mol. The van der Waals surface area contributed by atoms with Gasteiger partial charge in [0.15, 0.2) is 0 Å². The summed E-state index contributed by atoms with van der Waals surface area (Å²) in [5.74, 6) is 0.391. The van der Waals surface area contributed by atoms with Crippen LogP contribution in [0.1, 0.15) is 5.56 Å². The lowest BCUT2D eigenvalue weighted by molar-refractivity contribution is -0.119. The Labute approximate surface area is 165 Å². The van der Waals surface area contributed by atoms with E-state index in [1.165, 1.54) is 6.21 Å². The molecule has 0 aromatic heterocycles. The zero-order valence-corrected chi connectivity index (χ0v) is 17.4. The number of nitrogens with zero attached hydrogens (tertiary/aromatic N) is 1. The molecule has 2 aromatic carbocycles. The number of benzene rings is 2. The van der Waals surface area contributed by atoms with Crippen molar-refractivity contribution < 1.29 is 9.53 Å². The second kappa shape index (κ2) is 9.19. The van der Waals surface area contributed by atoms with Crippen molar-refractivity contribution in [3.8, 4) is 5.75 Å². The Hall–Kier alpha value is -1.38. The highest BCUT2D eigenvalue weighted by Crippen LogP contribution is 2.31. The van der Waals surface area contributed by atoms with Gasteiger partial charge in [0.1, 0.15) is 5.75 Å². The number of carbonyl (C=O) groups excluding carboxylic acids is 1. The van der Waals surface area contributed by atoms with E-state index in [0.29, 0.717) is 5.75 Å². The molecule has 0 atom stereocenters. The van der Waals surface area contributed by atoms with Crippen molar-refractivity contribution in [1.82, 2.24) is 5.43 Å². The van der Waals surface area contributed by atoms with E-state index < -0.39 is 0 Å². The Morgan fingerprint density at radius 2 is 2.00 bits per heavy atom. The molecule has 8 heteroatoms. The molecular formula is C16H14Br3N3O2. The number of methoxy groups -OCH3 is 1. The fraction of sp³-hybridized carbons (Fsp3) is 0.125. The van der Waals surface area contributed by atoms with Gasteiger partial charge in [0, 0.05) is 20.2 Å². The molecule has 0 bridgehead atoms. The first-order valence-electron chi connectivity index (χ1n) is 6.84. The third-order valence-corrected chi connectivity index (χ3v) is 4.45. The van der Waals surface area contributed by atoms with Crippen LogP contribution in [-0.2, 0) is 4.79 Å². The number of ether oxygens (including phenoxy) is 1. The van der Waals surface area contributed by atoms with E-state index in [4.69, 9.17) is 4.74 Å². The van der Waals surface area contributed by atoms with E-state index in [2.05, 4.69) is 63.6 Å². The molecule has 5 nitrogen and oxygen atoms in total. The van der Waals surface area contributed by atoms with E-state index in [1.807, 2.05) is 36.4 Å². The number of amides is 1. The number of nitrogens with one attached hydrogen (secondary N) is 2. The number of halogens is 3. The van der Waals surface area contributed by atoms with Gasteiger partial charge in [-0.3, -0.25) is 4.79 Å². The van der Waals surface area contributed by atoms with Gasteiger partial charge in [-0.15, -0.1) is 0 Å². The van der Waals surface area contributed by atoms with Gasteiger partial charge in [-0.2, -0.15) is 5.10 Å². The quantitative estimate of drug-likeness (QED) is 0.435. The topological polar surface area (TPSA) is 62.7 Å². The summed E-state index contributed by atoms with van der Waals surface area (Å²) in [4.78, 5) is 11.8. The first-order valence-corrected chi connectivity index (χ1v) is 9.22. The lowest BCUT2D eigenvalue weighted by Crippen LogP contribution is -2.25. The van der Waals surface area contributed by atoms with Crippen LogP contribution in [0.5, 0.6) is 5.75 Å². The number of rotatable bonds is 6. The average Bonchev–Trinajstić information content (AvgIpc) is 2.53. The second-order valence-electron chi connectivity index (χ2n) is 4.67. The number of carbonyl (C=O) groups is 1. The molecule has 0 saturated carbocycles. The van der Waals surface area contributed by atoms with Crippen LogP contribution in [0.3, 0.4) is 0 Å². The van der Waals surface area contributed by atoms with Crippen LogP contribution in [0, 0.1) is 0 Å². The lowest BCUT2D eigenvalue weighted by atomic mass is 10.2. The predicted octanol–water partition coefficient (Wildman–Crippen LogP) is 4.54. The zero-order valence-electron chi connectivity index (χ0n) is 12.6. The molecule has 0 aliphatic carbocycles. The fourth-order valence-corrected chi connectivity index (χ4v) is 3.71. The molecule has 0 unspecified atom stereocenters. The van der Waals surface area contributed by atoms with Crippen molar-refractivity contribution in [3.63, 3.8) is 0 Å². The number of hydrazone groups is 1. The van der Waals surface area contributed by atoms with Crippen LogP contribution < -0.4 is 15.5 Å². The summed E-state index contributed by atoms with van der Waals surface area (Å²) in [6.07, 6.45) is 1.53.